The van der Waals surface area contributed by atoms with Gasteiger partial charge in [-0.3, -0.25) is 9.20 Å². The third-order valence-electron chi connectivity index (χ3n) is 8.59. The van der Waals surface area contributed by atoms with Crippen molar-refractivity contribution in [1.29, 1.82) is 0 Å². The highest BCUT2D eigenvalue weighted by Gasteiger charge is 2.57. The minimum Gasteiger partial charge on any atom is -0.363 e. The van der Waals surface area contributed by atoms with Crippen LogP contribution in [0.15, 0.2) is 18.2 Å². The molecule has 34 heavy (non-hydrogen) atoms. The zero-order chi connectivity index (χ0) is 23.8. The summed E-state index contributed by atoms with van der Waals surface area (Å²) >= 11 is 0. The number of nitrogens with one attached hydrogen (secondary N) is 1. The molecule has 1 atom stereocenters. The van der Waals surface area contributed by atoms with Gasteiger partial charge >= 0.3 is 0 Å². The molecule has 0 radical (unpaired) electrons. The number of benzene rings is 1. The van der Waals surface area contributed by atoms with Crippen LogP contribution in [0.2, 0.25) is 0 Å². The maximum Gasteiger partial charge on any atom is 0.257 e. The largest absolute Gasteiger partial charge is 0.363 e. The highest BCUT2D eigenvalue weighted by atomic mass is 16.2. The van der Waals surface area contributed by atoms with Crippen molar-refractivity contribution >= 4 is 17.5 Å². The molecule has 1 amide bonds. The second-order valence-electron chi connectivity index (χ2n) is 11.1. The van der Waals surface area contributed by atoms with Gasteiger partial charge in [0.25, 0.3) is 5.78 Å². The fourth-order valence-corrected chi connectivity index (χ4v) is 6.53. The molecule has 3 fully saturated rings. The number of hydrogen-bond donors (Lipinski definition) is 1. The van der Waals surface area contributed by atoms with Gasteiger partial charge in [-0.2, -0.15) is 4.98 Å². The number of rotatable bonds is 5. The molecule has 3 aliphatic carbocycles. The third-order valence-corrected chi connectivity index (χ3v) is 8.59. The predicted octanol–water partition coefficient (Wildman–Crippen LogP) is 5.07. The van der Waals surface area contributed by atoms with Crippen LogP contribution in [0.25, 0.3) is 5.78 Å². The van der Waals surface area contributed by atoms with Crippen molar-refractivity contribution in [2.45, 2.75) is 85.4 Å². The molecule has 3 heterocycles. The van der Waals surface area contributed by atoms with Crippen LogP contribution < -0.4 is 5.32 Å². The average molecular weight is 459 g/mol. The molecule has 178 valence electrons. The van der Waals surface area contributed by atoms with Gasteiger partial charge in [-0.25, -0.2) is 0 Å². The lowest BCUT2D eigenvalue weighted by Crippen LogP contribution is -2.44. The van der Waals surface area contributed by atoms with Crippen LogP contribution in [0.4, 0.5) is 5.82 Å². The fourth-order valence-electron chi connectivity index (χ4n) is 6.53. The average Bonchev–Trinajstić information content (AvgIpc) is 3.55. The summed E-state index contributed by atoms with van der Waals surface area (Å²) in [6.45, 7) is 11.9. The highest BCUT2D eigenvalue weighted by Crippen LogP contribution is 2.60. The number of carbonyl (C=O) groups excluding carboxylic acids is 1. The van der Waals surface area contributed by atoms with Crippen molar-refractivity contribution < 1.29 is 4.79 Å². The zero-order valence-corrected chi connectivity index (χ0v) is 20.9. The molecule has 1 unspecified atom stereocenters. The molecule has 0 saturated heterocycles. The molecule has 7 rings (SSSR count). The maximum absolute atomic E-state index is 13.7. The van der Waals surface area contributed by atoms with Gasteiger partial charge in [-0.1, -0.05) is 32.0 Å². The Balaban J connectivity index is 1.40. The molecule has 4 aliphatic rings. The minimum absolute atomic E-state index is 0.0806. The van der Waals surface area contributed by atoms with E-state index in [-0.39, 0.29) is 17.4 Å². The Labute approximate surface area is 201 Å². The quantitative estimate of drug-likeness (QED) is 0.578. The second-order valence-corrected chi connectivity index (χ2v) is 11.1. The van der Waals surface area contributed by atoms with Gasteiger partial charge in [-0.15, -0.1) is 10.2 Å². The standard InChI is InChI=1S/C27H34N6O/c1-15(2)24-30-31-26-29-23(28-18(5)20-8-6-7-16(3)17(20)4)21-13-32(14-22(21)33(24)26)25(34)27-10-9-19(11-27)12-27/h6-8,15,18-19H,9-14H2,1-5H3,(H,28,29,31). The van der Waals surface area contributed by atoms with Crippen LogP contribution in [0.5, 0.6) is 0 Å². The summed E-state index contributed by atoms with van der Waals surface area (Å²) in [6, 6.07) is 6.51. The van der Waals surface area contributed by atoms with Crippen LogP contribution in [0, 0.1) is 25.2 Å². The molecular weight excluding hydrogens is 424 g/mol. The topological polar surface area (TPSA) is 75.4 Å². The first-order valence-electron chi connectivity index (χ1n) is 12.7. The van der Waals surface area contributed by atoms with E-state index in [9.17, 15) is 4.79 Å². The Morgan fingerprint density at radius 1 is 1.15 bits per heavy atom. The van der Waals surface area contributed by atoms with Crippen LogP contribution in [0.3, 0.4) is 0 Å². The van der Waals surface area contributed by atoms with Crippen LogP contribution >= 0.6 is 0 Å². The molecule has 2 aromatic heterocycles. The molecule has 1 aliphatic heterocycles. The lowest BCUT2D eigenvalue weighted by Gasteiger charge is -2.39. The van der Waals surface area contributed by atoms with E-state index < -0.39 is 0 Å². The Kier molecular flexibility index (Phi) is 4.77. The molecule has 7 nitrogen and oxygen atoms in total. The molecular formula is C27H34N6O. The van der Waals surface area contributed by atoms with E-state index in [0.717, 1.165) is 48.1 Å². The summed E-state index contributed by atoms with van der Waals surface area (Å²) in [6.07, 6.45) is 4.41. The summed E-state index contributed by atoms with van der Waals surface area (Å²) in [4.78, 5) is 20.6. The van der Waals surface area contributed by atoms with E-state index in [1.807, 2.05) is 0 Å². The van der Waals surface area contributed by atoms with Crippen molar-refractivity contribution in [3.8, 4) is 0 Å². The maximum atomic E-state index is 13.7. The van der Waals surface area contributed by atoms with Gasteiger partial charge in [0.15, 0.2) is 0 Å². The van der Waals surface area contributed by atoms with Gasteiger partial charge in [0.05, 0.1) is 24.8 Å². The first kappa shape index (κ1) is 21.6. The molecule has 1 aromatic carbocycles. The van der Waals surface area contributed by atoms with Crippen molar-refractivity contribution in [2.75, 3.05) is 5.32 Å². The second kappa shape index (κ2) is 7.52. The van der Waals surface area contributed by atoms with E-state index in [2.05, 4.69) is 77.6 Å². The van der Waals surface area contributed by atoms with Gasteiger partial charge in [-0.05, 0) is 69.1 Å². The first-order chi connectivity index (χ1) is 16.3. The van der Waals surface area contributed by atoms with Gasteiger partial charge in [0, 0.05) is 16.9 Å². The van der Waals surface area contributed by atoms with Crippen molar-refractivity contribution in [2.24, 2.45) is 11.3 Å². The Bertz CT molecular complexity index is 1300. The minimum atomic E-state index is -0.104. The Morgan fingerprint density at radius 3 is 2.65 bits per heavy atom. The first-order valence-corrected chi connectivity index (χ1v) is 12.7. The highest BCUT2D eigenvalue weighted by molar-refractivity contribution is 5.85. The van der Waals surface area contributed by atoms with E-state index in [1.54, 1.807) is 0 Å². The molecule has 2 bridgehead atoms. The van der Waals surface area contributed by atoms with E-state index in [4.69, 9.17) is 4.98 Å². The Morgan fingerprint density at radius 2 is 1.94 bits per heavy atom. The predicted molar refractivity (Wildman–Crippen MR) is 131 cm³/mol. The van der Waals surface area contributed by atoms with E-state index in [1.165, 1.54) is 23.1 Å². The van der Waals surface area contributed by atoms with Crippen LogP contribution in [-0.2, 0) is 17.9 Å². The number of aromatic nitrogens is 4. The van der Waals surface area contributed by atoms with E-state index >= 15 is 0 Å². The number of anilines is 1. The molecule has 7 heteroatoms. The summed E-state index contributed by atoms with van der Waals surface area (Å²) in [7, 11) is 0. The number of carbonyl (C=O) groups is 1. The van der Waals surface area contributed by atoms with Gasteiger partial charge in [0.1, 0.15) is 11.6 Å². The number of hydrogen-bond acceptors (Lipinski definition) is 5. The molecule has 3 aromatic rings. The fraction of sp³-hybridized carbons (Fsp3) is 0.556. The van der Waals surface area contributed by atoms with E-state index in [0.29, 0.717) is 24.8 Å². The number of aryl methyl sites for hydroxylation is 1. The van der Waals surface area contributed by atoms with Crippen LogP contribution in [0.1, 0.15) is 92.2 Å². The SMILES string of the molecule is Cc1cccc(C(C)Nc2nc3nnc(C(C)C)n3c3c2CN(C(=O)C24CCC(C2)C4)C3)c1C. The number of fused-ring (bicyclic) bond motifs is 4. The van der Waals surface area contributed by atoms with Crippen molar-refractivity contribution in [3.63, 3.8) is 0 Å². The monoisotopic (exact) mass is 458 g/mol. The summed E-state index contributed by atoms with van der Waals surface area (Å²) in [5.74, 6) is 3.66. The van der Waals surface area contributed by atoms with Gasteiger partial charge < -0.3 is 10.2 Å². The normalized spacial score (nSPS) is 23.9. The number of nitrogens with zero attached hydrogens (tertiary/aromatic N) is 5. The lowest BCUT2D eigenvalue weighted by atomic mass is 9.69. The van der Waals surface area contributed by atoms with Crippen molar-refractivity contribution in [1.82, 2.24) is 24.5 Å². The molecule has 0 spiro atoms. The third kappa shape index (κ3) is 3.08. The van der Waals surface area contributed by atoms with Crippen LogP contribution in [-0.4, -0.2) is 30.4 Å². The summed E-state index contributed by atoms with van der Waals surface area (Å²) < 4.78 is 2.09. The number of amides is 1. The van der Waals surface area contributed by atoms with Gasteiger partial charge in [0.2, 0.25) is 5.91 Å². The summed E-state index contributed by atoms with van der Waals surface area (Å²) in [5, 5.41) is 12.6. The smallest absolute Gasteiger partial charge is 0.257 e. The summed E-state index contributed by atoms with van der Waals surface area (Å²) in [5.41, 5.74) is 5.94. The zero-order valence-electron chi connectivity index (χ0n) is 20.9. The molecule has 3 saturated carbocycles. The van der Waals surface area contributed by atoms with Crippen molar-refractivity contribution in [3.05, 3.63) is 52.0 Å². The Hall–Kier alpha value is -2.96. The lowest BCUT2D eigenvalue weighted by molar-refractivity contribution is -0.147. The molecule has 1 N–H and O–H groups in total.